The Bertz CT molecular complexity index is 778. The molecule has 0 bridgehead atoms. The molecule has 1 aromatic heterocycles. The van der Waals surface area contributed by atoms with Crippen LogP contribution in [0.3, 0.4) is 0 Å². The zero-order valence-corrected chi connectivity index (χ0v) is 14.5. The van der Waals surface area contributed by atoms with Gasteiger partial charge in [-0.25, -0.2) is 4.98 Å². The highest BCUT2D eigenvalue weighted by atomic mass is 16.7. The van der Waals surface area contributed by atoms with Crippen LogP contribution in [0.2, 0.25) is 0 Å². The van der Waals surface area contributed by atoms with Crippen molar-refractivity contribution in [2.45, 2.75) is 13.0 Å². The van der Waals surface area contributed by atoms with E-state index in [9.17, 15) is 4.79 Å². The van der Waals surface area contributed by atoms with Crippen LogP contribution in [0, 0.1) is 0 Å². The fourth-order valence-electron chi connectivity index (χ4n) is 3.07. The number of carbonyl (C=O) groups is 1. The molecule has 0 unspecified atom stereocenters. The van der Waals surface area contributed by atoms with Crippen LogP contribution in [0.5, 0.6) is 17.2 Å². The second kappa shape index (κ2) is 7.07. The van der Waals surface area contributed by atoms with Crippen molar-refractivity contribution in [1.29, 1.82) is 0 Å². The molecule has 0 spiro atoms. The van der Waals surface area contributed by atoms with Crippen LogP contribution in [-0.4, -0.2) is 59.9 Å². The van der Waals surface area contributed by atoms with Crippen LogP contribution in [0.25, 0.3) is 0 Å². The van der Waals surface area contributed by atoms with Gasteiger partial charge in [0.25, 0.3) is 5.91 Å². The summed E-state index contributed by atoms with van der Waals surface area (Å²) in [7, 11) is 0. The van der Waals surface area contributed by atoms with Crippen molar-refractivity contribution in [1.82, 2.24) is 14.9 Å². The molecule has 2 aromatic rings. The molecule has 0 saturated carbocycles. The first-order valence-corrected chi connectivity index (χ1v) is 8.57. The predicted molar refractivity (Wildman–Crippen MR) is 93.5 cm³/mol. The largest absolute Gasteiger partial charge is 0.481 e. The van der Waals surface area contributed by atoms with Gasteiger partial charge in [-0.2, -0.15) is 0 Å². The van der Waals surface area contributed by atoms with Crippen molar-refractivity contribution in [3.63, 3.8) is 0 Å². The first-order valence-electron chi connectivity index (χ1n) is 8.57. The number of ether oxygens (including phenoxy) is 3. The number of rotatable bonds is 4. The van der Waals surface area contributed by atoms with E-state index in [0.29, 0.717) is 30.3 Å². The molecule has 1 aromatic carbocycles. The van der Waals surface area contributed by atoms with Crippen molar-refractivity contribution in [3.8, 4) is 17.2 Å². The fraction of sp³-hybridized carbons (Fsp3) is 0.389. The van der Waals surface area contributed by atoms with Gasteiger partial charge in [0, 0.05) is 44.6 Å². The Morgan fingerprint density at radius 1 is 1.15 bits per heavy atom. The number of piperazine rings is 1. The lowest BCUT2D eigenvalue weighted by Crippen LogP contribution is -2.52. The second-order valence-electron chi connectivity index (χ2n) is 6.15. The third-order valence-corrected chi connectivity index (χ3v) is 4.47. The molecule has 1 atom stereocenters. The highest BCUT2D eigenvalue weighted by Gasteiger charge is 2.27. The van der Waals surface area contributed by atoms with Crippen LogP contribution in [-0.2, 0) is 4.79 Å². The number of nitrogens with zero attached hydrogens (tertiary/aromatic N) is 4. The summed E-state index contributed by atoms with van der Waals surface area (Å²) in [6.07, 6.45) is 4.49. The van der Waals surface area contributed by atoms with Gasteiger partial charge in [-0.3, -0.25) is 9.78 Å². The van der Waals surface area contributed by atoms with E-state index in [1.54, 1.807) is 43.7 Å². The van der Waals surface area contributed by atoms with E-state index in [2.05, 4.69) is 14.9 Å². The molecule has 1 amide bonds. The first kappa shape index (κ1) is 16.4. The standard InChI is InChI=1S/C18H20N4O4/c1-13(26-14-2-3-15-16(10-14)25-12-24-15)18(23)22-8-6-21(7-9-22)17-11-19-4-5-20-17/h2-5,10-11,13H,6-9,12H2,1H3/t13-/m0/s1. The first-order chi connectivity index (χ1) is 12.7. The quantitative estimate of drug-likeness (QED) is 0.818. The molecule has 1 fully saturated rings. The van der Waals surface area contributed by atoms with Gasteiger partial charge >= 0.3 is 0 Å². The SMILES string of the molecule is C[C@H](Oc1ccc2c(c1)OCO2)C(=O)N1CCN(c2cnccn2)CC1. The summed E-state index contributed by atoms with van der Waals surface area (Å²) < 4.78 is 16.4. The molecular formula is C18H20N4O4. The molecule has 0 radical (unpaired) electrons. The maximum absolute atomic E-state index is 12.7. The van der Waals surface area contributed by atoms with Gasteiger partial charge in [0.2, 0.25) is 6.79 Å². The summed E-state index contributed by atoms with van der Waals surface area (Å²) >= 11 is 0. The minimum absolute atomic E-state index is 0.0264. The zero-order chi connectivity index (χ0) is 17.9. The molecule has 26 heavy (non-hydrogen) atoms. The maximum atomic E-state index is 12.7. The number of amides is 1. The average Bonchev–Trinajstić information content (AvgIpc) is 3.16. The number of benzene rings is 1. The van der Waals surface area contributed by atoms with Crippen LogP contribution in [0.15, 0.2) is 36.8 Å². The maximum Gasteiger partial charge on any atom is 0.263 e. The predicted octanol–water partition coefficient (Wildman–Crippen LogP) is 1.32. The Labute approximate surface area is 151 Å². The number of fused-ring (bicyclic) bond motifs is 1. The molecule has 3 heterocycles. The van der Waals surface area contributed by atoms with Crippen LogP contribution < -0.4 is 19.1 Å². The summed E-state index contributed by atoms with van der Waals surface area (Å²) in [5, 5.41) is 0. The summed E-state index contributed by atoms with van der Waals surface area (Å²) in [4.78, 5) is 25.0. The Hall–Kier alpha value is -3.03. The van der Waals surface area contributed by atoms with E-state index in [4.69, 9.17) is 14.2 Å². The third kappa shape index (κ3) is 3.35. The lowest BCUT2D eigenvalue weighted by Gasteiger charge is -2.36. The van der Waals surface area contributed by atoms with Crippen molar-refractivity contribution >= 4 is 11.7 Å². The molecule has 2 aliphatic rings. The van der Waals surface area contributed by atoms with Gasteiger partial charge in [0.1, 0.15) is 11.6 Å². The normalized spacial score (nSPS) is 17.1. The van der Waals surface area contributed by atoms with E-state index in [0.717, 1.165) is 18.9 Å². The number of anilines is 1. The van der Waals surface area contributed by atoms with E-state index < -0.39 is 6.10 Å². The Morgan fingerprint density at radius 2 is 1.96 bits per heavy atom. The molecule has 2 aliphatic heterocycles. The van der Waals surface area contributed by atoms with Crippen molar-refractivity contribution < 1.29 is 19.0 Å². The minimum atomic E-state index is -0.571. The third-order valence-electron chi connectivity index (χ3n) is 4.47. The fourth-order valence-corrected chi connectivity index (χ4v) is 3.07. The lowest BCUT2D eigenvalue weighted by molar-refractivity contribution is -0.138. The summed E-state index contributed by atoms with van der Waals surface area (Å²) in [6.45, 7) is 4.68. The Morgan fingerprint density at radius 3 is 2.73 bits per heavy atom. The molecular weight excluding hydrogens is 336 g/mol. The summed E-state index contributed by atoms with van der Waals surface area (Å²) in [6, 6.07) is 5.32. The molecule has 4 rings (SSSR count). The van der Waals surface area contributed by atoms with Crippen molar-refractivity contribution in [2.24, 2.45) is 0 Å². The monoisotopic (exact) mass is 356 g/mol. The van der Waals surface area contributed by atoms with Crippen LogP contribution in [0.1, 0.15) is 6.92 Å². The number of carbonyl (C=O) groups excluding carboxylic acids is 1. The lowest BCUT2D eigenvalue weighted by atomic mass is 10.2. The highest BCUT2D eigenvalue weighted by molar-refractivity contribution is 5.81. The molecule has 1 saturated heterocycles. The van der Waals surface area contributed by atoms with E-state index >= 15 is 0 Å². The zero-order valence-electron chi connectivity index (χ0n) is 14.5. The molecule has 8 heteroatoms. The van der Waals surface area contributed by atoms with Gasteiger partial charge in [-0.05, 0) is 19.1 Å². The Kier molecular flexibility index (Phi) is 4.47. The van der Waals surface area contributed by atoms with E-state index in [-0.39, 0.29) is 12.7 Å². The van der Waals surface area contributed by atoms with Gasteiger partial charge in [-0.15, -0.1) is 0 Å². The summed E-state index contributed by atoms with van der Waals surface area (Å²) in [5.41, 5.74) is 0. The van der Waals surface area contributed by atoms with Crippen molar-refractivity contribution in [2.75, 3.05) is 37.9 Å². The molecule has 136 valence electrons. The number of hydrogen-bond donors (Lipinski definition) is 0. The van der Waals surface area contributed by atoms with Crippen LogP contribution in [0.4, 0.5) is 5.82 Å². The van der Waals surface area contributed by atoms with Crippen molar-refractivity contribution in [3.05, 3.63) is 36.8 Å². The van der Waals surface area contributed by atoms with E-state index in [1.807, 2.05) is 4.90 Å². The minimum Gasteiger partial charge on any atom is -0.481 e. The second-order valence-corrected chi connectivity index (χ2v) is 6.15. The summed E-state index contributed by atoms with van der Waals surface area (Å²) in [5.74, 6) is 2.73. The van der Waals surface area contributed by atoms with Crippen LogP contribution >= 0.6 is 0 Å². The topological polar surface area (TPSA) is 77.0 Å². The molecule has 8 nitrogen and oxygen atoms in total. The van der Waals surface area contributed by atoms with Gasteiger partial charge in [0.05, 0.1) is 6.20 Å². The van der Waals surface area contributed by atoms with E-state index in [1.165, 1.54) is 0 Å². The average molecular weight is 356 g/mol. The molecule has 0 aliphatic carbocycles. The van der Waals surface area contributed by atoms with Gasteiger partial charge in [0.15, 0.2) is 17.6 Å². The molecule has 0 N–H and O–H groups in total. The number of aromatic nitrogens is 2. The van der Waals surface area contributed by atoms with Gasteiger partial charge < -0.3 is 24.0 Å². The van der Waals surface area contributed by atoms with Gasteiger partial charge in [-0.1, -0.05) is 0 Å². The number of hydrogen-bond acceptors (Lipinski definition) is 7. The smallest absolute Gasteiger partial charge is 0.263 e. The Balaban J connectivity index is 1.33. The highest BCUT2D eigenvalue weighted by Crippen LogP contribution is 2.35.